The number of carbonyl (C=O) groups excluding carboxylic acids is 1. The first-order valence-corrected chi connectivity index (χ1v) is 7.06. The summed E-state index contributed by atoms with van der Waals surface area (Å²) in [6, 6.07) is 12.9. The maximum absolute atomic E-state index is 12.2. The number of aromatic nitrogens is 1. The summed E-state index contributed by atoms with van der Waals surface area (Å²) < 4.78 is 0. The standard InChI is InChI=1S/C17H18N2O3/c1-19(11-5-8-13-6-3-2-4-7-13)16(20)14-9-10-15(17(21)22)18-12-14/h2-4,6-7,9-10,12H,5,8,11H2,1H3,(H,21,22). The van der Waals surface area contributed by atoms with E-state index in [1.54, 1.807) is 11.9 Å². The highest BCUT2D eigenvalue weighted by atomic mass is 16.4. The number of hydrogen-bond donors (Lipinski definition) is 1. The summed E-state index contributed by atoms with van der Waals surface area (Å²) >= 11 is 0. The molecule has 0 fully saturated rings. The Balaban J connectivity index is 1.87. The van der Waals surface area contributed by atoms with Crippen LogP contribution in [0.3, 0.4) is 0 Å². The lowest BCUT2D eigenvalue weighted by Crippen LogP contribution is -2.28. The van der Waals surface area contributed by atoms with Crippen molar-refractivity contribution in [3.63, 3.8) is 0 Å². The normalized spacial score (nSPS) is 10.2. The summed E-state index contributed by atoms with van der Waals surface area (Å²) in [6.07, 6.45) is 3.08. The fourth-order valence-corrected chi connectivity index (χ4v) is 2.13. The third kappa shape index (κ3) is 4.15. The number of benzene rings is 1. The van der Waals surface area contributed by atoms with Crippen molar-refractivity contribution in [2.75, 3.05) is 13.6 Å². The summed E-state index contributed by atoms with van der Waals surface area (Å²) in [5.41, 5.74) is 1.58. The first-order chi connectivity index (χ1) is 10.6. The number of aromatic carboxylic acids is 1. The van der Waals surface area contributed by atoms with Gasteiger partial charge in [0.1, 0.15) is 5.69 Å². The molecule has 0 unspecified atom stereocenters. The topological polar surface area (TPSA) is 70.5 Å². The molecule has 0 aliphatic rings. The monoisotopic (exact) mass is 298 g/mol. The molecule has 114 valence electrons. The Hall–Kier alpha value is -2.69. The first-order valence-electron chi connectivity index (χ1n) is 7.06. The van der Waals surface area contributed by atoms with E-state index in [9.17, 15) is 9.59 Å². The van der Waals surface area contributed by atoms with Crippen LogP contribution in [0, 0.1) is 0 Å². The van der Waals surface area contributed by atoms with Crippen molar-refractivity contribution < 1.29 is 14.7 Å². The van der Waals surface area contributed by atoms with Crippen molar-refractivity contribution >= 4 is 11.9 Å². The fourth-order valence-electron chi connectivity index (χ4n) is 2.13. The Morgan fingerprint density at radius 1 is 1.14 bits per heavy atom. The van der Waals surface area contributed by atoms with E-state index in [0.717, 1.165) is 12.8 Å². The number of carboxylic acid groups (broad SMARTS) is 1. The Morgan fingerprint density at radius 2 is 1.86 bits per heavy atom. The van der Waals surface area contributed by atoms with Gasteiger partial charge >= 0.3 is 5.97 Å². The lowest BCUT2D eigenvalue weighted by molar-refractivity contribution is 0.0688. The SMILES string of the molecule is CN(CCCc1ccccc1)C(=O)c1ccc(C(=O)O)nc1. The molecule has 1 N–H and O–H groups in total. The van der Waals surface area contributed by atoms with Gasteiger partial charge in [0.25, 0.3) is 5.91 Å². The van der Waals surface area contributed by atoms with E-state index >= 15 is 0 Å². The molecule has 2 aromatic rings. The fraction of sp³-hybridized carbons (Fsp3) is 0.235. The molecule has 5 heteroatoms. The van der Waals surface area contributed by atoms with Gasteiger partial charge < -0.3 is 10.0 Å². The Morgan fingerprint density at radius 3 is 2.45 bits per heavy atom. The minimum absolute atomic E-state index is 0.0664. The molecule has 0 radical (unpaired) electrons. The second-order valence-electron chi connectivity index (χ2n) is 5.05. The molecule has 1 amide bonds. The van der Waals surface area contributed by atoms with Crippen molar-refractivity contribution in [1.82, 2.24) is 9.88 Å². The van der Waals surface area contributed by atoms with E-state index in [1.165, 1.54) is 23.9 Å². The largest absolute Gasteiger partial charge is 0.477 e. The third-order valence-electron chi connectivity index (χ3n) is 3.38. The van der Waals surface area contributed by atoms with Gasteiger partial charge in [-0.25, -0.2) is 9.78 Å². The number of aryl methyl sites for hydroxylation is 1. The van der Waals surface area contributed by atoms with Gasteiger partial charge in [-0.05, 0) is 30.5 Å². The Kier molecular flexibility index (Phi) is 5.25. The number of carboxylic acids is 1. The molecule has 0 atom stereocenters. The van der Waals surface area contributed by atoms with Crippen LogP contribution in [0.1, 0.15) is 32.8 Å². The van der Waals surface area contributed by atoms with Crippen LogP contribution in [0.25, 0.3) is 0 Å². The van der Waals surface area contributed by atoms with E-state index in [2.05, 4.69) is 17.1 Å². The number of hydrogen-bond acceptors (Lipinski definition) is 3. The molecule has 22 heavy (non-hydrogen) atoms. The highest BCUT2D eigenvalue weighted by Gasteiger charge is 2.13. The summed E-state index contributed by atoms with van der Waals surface area (Å²) in [5.74, 6) is -1.26. The van der Waals surface area contributed by atoms with Crippen LogP contribution < -0.4 is 0 Å². The van der Waals surface area contributed by atoms with E-state index in [0.29, 0.717) is 12.1 Å². The number of pyridine rings is 1. The van der Waals surface area contributed by atoms with Gasteiger partial charge in [0.15, 0.2) is 0 Å². The van der Waals surface area contributed by atoms with Crippen LogP contribution >= 0.6 is 0 Å². The number of rotatable bonds is 6. The zero-order valence-electron chi connectivity index (χ0n) is 12.4. The lowest BCUT2D eigenvalue weighted by Gasteiger charge is -2.17. The minimum atomic E-state index is -1.10. The highest BCUT2D eigenvalue weighted by Crippen LogP contribution is 2.07. The minimum Gasteiger partial charge on any atom is -0.477 e. The second-order valence-corrected chi connectivity index (χ2v) is 5.05. The van der Waals surface area contributed by atoms with E-state index in [-0.39, 0.29) is 11.6 Å². The summed E-state index contributed by atoms with van der Waals surface area (Å²) in [6.45, 7) is 0.633. The predicted octanol–water partition coefficient (Wildman–Crippen LogP) is 2.48. The maximum Gasteiger partial charge on any atom is 0.354 e. The molecule has 5 nitrogen and oxygen atoms in total. The van der Waals surface area contributed by atoms with Gasteiger partial charge in [-0.3, -0.25) is 4.79 Å². The number of carbonyl (C=O) groups is 2. The van der Waals surface area contributed by atoms with E-state index in [1.807, 2.05) is 18.2 Å². The molecule has 0 saturated heterocycles. The molecular formula is C17H18N2O3. The molecule has 0 saturated carbocycles. The van der Waals surface area contributed by atoms with Crippen LogP contribution in [0.15, 0.2) is 48.7 Å². The third-order valence-corrected chi connectivity index (χ3v) is 3.38. The molecule has 0 aliphatic carbocycles. The Labute approximate surface area is 129 Å². The second kappa shape index (κ2) is 7.36. The maximum atomic E-state index is 12.2. The summed E-state index contributed by atoms with van der Waals surface area (Å²) in [7, 11) is 1.73. The number of amides is 1. The molecule has 0 spiro atoms. The zero-order valence-corrected chi connectivity index (χ0v) is 12.4. The van der Waals surface area contributed by atoms with Crippen LogP contribution in [-0.4, -0.2) is 40.5 Å². The van der Waals surface area contributed by atoms with Crippen LogP contribution in [0.2, 0.25) is 0 Å². The summed E-state index contributed by atoms with van der Waals surface area (Å²) in [5, 5.41) is 8.79. The van der Waals surface area contributed by atoms with Gasteiger partial charge in [-0.15, -0.1) is 0 Å². The molecule has 1 heterocycles. The first kappa shape index (κ1) is 15.7. The van der Waals surface area contributed by atoms with Gasteiger partial charge in [-0.2, -0.15) is 0 Å². The van der Waals surface area contributed by atoms with Crippen molar-refractivity contribution in [2.45, 2.75) is 12.8 Å². The molecule has 1 aromatic heterocycles. The zero-order chi connectivity index (χ0) is 15.9. The number of nitrogens with zero attached hydrogens (tertiary/aromatic N) is 2. The lowest BCUT2D eigenvalue weighted by atomic mass is 10.1. The molecule has 0 bridgehead atoms. The van der Waals surface area contributed by atoms with Crippen LogP contribution in [0.4, 0.5) is 0 Å². The summed E-state index contributed by atoms with van der Waals surface area (Å²) in [4.78, 5) is 28.3. The van der Waals surface area contributed by atoms with Crippen molar-refractivity contribution in [2.24, 2.45) is 0 Å². The molecule has 2 rings (SSSR count). The van der Waals surface area contributed by atoms with Crippen molar-refractivity contribution in [3.05, 3.63) is 65.5 Å². The quantitative estimate of drug-likeness (QED) is 0.889. The van der Waals surface area contributed by atoms with E-state index in [4.69, 9.17) is 5.11 Å². The van der Waals surface area contributed by atoms with Gasteiger partial charge in [0, 0.05) is 19.8 Å². The Bertz CT molecular complexity index is 639. The average Bonchev–Trinajstić information content (AvgIpc) is 2.55. The van der Waals surface area contributed by atoms with Gasteiger partial charge in [0.2, 0.25) is 0 Å². The highest BCUT2D eigenvalue weighted by molar-refractivity contribution is 5.94. The average molecular weight is 298 g/mol. The smallest absolute Gasteiger partial charge is 0.354 e. The predicted molar refractivity (Wildman–Crippen MR) is 82.9 cm³/mol. The van der Waals surface area contributed by atoms with Crippen LogP contribution in [0.5, 0.6) is 0 Å². The van der Waals surface area contributed by atoms with Gasteiger partial charge in [0.05, 0.1) is 5.56 Å². The van der Waals surface area contributed by atoms with Crippen LogP contribution in [-0.2, 0) is 6.42 Å². The molecular weight excluding hydrogens is 280 g/mol. The van der Waals surface area contributed by atoms with Crippen molar-refractivity contribution in [3.8, 4) is 0 Å². The van der Waals surface area contributed by atoms with Gasteiger partial charge in [-0.1, -0.05) is 30.3 Å². The van der Waals surface area contributed by atoms with E-state index < -0.39 is 5.97 Å². The molecule has 1 aromatic carbocycles. The van der Waals surface area contributed by atoms with Crippen molar-refractivity contribution in [1.29, 1.82) is 0 Å². The molecule has 0 aliphatic heterocycles.